The molecule has 6 rings (SSSR count). The van der Waals surface area contributed by atoms with Crippen molar-refractivity contribution in [1.29, 1.82) is 0 Å². The maximum absolute atomic E-state index is 12.8. The Bertz CT molecular complexity index is 996. The quantitative estimate of drug-likeness (QED) is 0.320. The minimum Gasteiger partial charge on any atom is -0.463 e. The molecule has 0 unspecified atom stereocenters. The Labute approximate surface area is 228 Å². The van der Waals surface area contributed by atoms with Gasteiger partial charge >= 0.3 is 11.9 Å². The monoisotopic (exact) mass is 528 g/mol. The Hall–Kier alpha value is -1.40. The average Bonchev–Trinajstić information content (AvgIpc) is 3.32. The fourth-order valence-electron chi connectivity index (χ4n) is 10.2. The molecule has 6 heteroatoms. The van der Waals surface area contributed by atoms with Gasteiger partial charge in [-0.2, -0.15) is 0 Å². The van der Waals surface area contributed by atoms with Gasteiger partial charge in [0.1, 0.15) is 12.2 Å². The van der Waals surface area contributed by atoms with E-state index in [4.69, 9.17) is 18.9 Å². The van der Waals surface area contributed by atoms with Crippen LogP contribution in [0.4, 0.5) is 0 Å². The van der Waals surface area contributed by atoms with Crippen molar-refractivity contribution >= 4 is 11.9 Å². The van der Waals surface area contributed by atoms with E-state index in [0.717, 1.165) is 51.6 Å². The van der Waals surface area contributed by atoms with Crippen LogP contribution in [0.3, 0.4) is 0 Å². The van der Waals surface area contributed by atoms with Gasteiger partial charge in [-0.3, -0.25) is 9.59 Å². The Balaban J connectivity index is 1.33. The summed E-state index contributed by atoms with van der Waals surface area (Å²) in [4.78, 5) is 24.5. The van der Waals surface area contributed by atoms with Crippen molar-refractivity contribution in [1.82, 2.24) is 0 Å². The smallest absolute Gasteiger partial charge is 0.305 e. The van der Waals surface area contributed by atoms with Crippen LogP contribution in [0, 0.1) is 46.3 Å². The van der Waals surface area contributed by atoms with Crippen molar-refractivity contribution in [2.24, 2.45) is 46.3 Å². The fraction of sp³-hybridized carbons (Fsp3) is 0.875. The highest BCUT2D eigenvalue weighted by molar-refractivity contribution is 5.69. The highest BCUT2D eigenvalue weighted by Gasteiger charge is 2.69. The number of ether oxygens (including phenoxy) is 4. The summed E-state index contributed by atoms with van der Waals surface area (Å²) in [5, 5.41) is 0. The van der Waals surface area contributed by atoms with Gasteiger partial charge in [0.25, 0.3) is 0 Å². The summed E-state index contributed by atoms with van der Waals surface area (Å²) in [6, 6.07) is 0. The van der Waals surface area contributed by atoms with Crippen molar-refractivity contribution in [3.8, 4) is 0 Å². The average molecular weight is 529 g/mol. The van der Waals surface area contributed by atoms with Crippen LogP contribution in [0.25, 0.3) is 0 Å². The molecule has 6 aliphatic rings. The van der Waals surface area contributed by atoms with Crippen molar-refractivity contribution < 1.29 is 28.5 Å². The van der Waals surface area contributed by atoms with Gasteiger partial charge in [0.05, 0.1) is 12.7 Å². The third-order valence-corrected chi connectivity index (χ3v) is 12.3. The fourth-order valence-corrected chi connectivity index (χ4v) is 10.2. The lowest BCUT2D eigenvalue weighted by Gasteiger charge is -2.61. The molecule has 2 aliphatic heterocycles. The second-order valence-corrected chi connectivity index (χ2v) is 14.1. The molecule has 12 atom stereocenters. The molecule has 0 aromatic heterocycles. The summed E-state index contributed by atoms with van der Waals surface area (Å²) in [5.74, 6) is 1.77. The van der Waals surface area contributed by atoms with E-state index in [2.05, 4.69) is 33.8 Å². The van der Waals surface area contributed by atoms with Crippen molar-refractivity contribution in [2.45, 2.75) is 123 Å². The largest absolute Gasteiger partial charge is 0.463 e. The Morgan fingerprint density at radius 1 is 1.05 bits per heavy atom. The Kier molecular flexibility index (Phi) is 6.58. The third kappa shape index (κ3) is 3.86. The molecule has 0 N–H and O–H groups in total. The lowest BCUT2D eigenvalue weighted by atomic mass is 9.45. The number of carbonyl (C=O) groups is 2. The zero-order valence-corrected chi connectivity index (χ0v) is 24.3. The predicted octanol–water partition coefficient (Wildman–Crippen LogP) is 6.22. The second kappa shape index (κ2) is 9.33. The molecule has 4 aliphatic carbocycles. The van der Waals surface area contributed by atoms with E-state index in [9.17, 15) is 9.59 Å². The molecular weight excluding hydrogens is 480 g/mol. The molecule has 5 fully saturated rings. The topological polar surface area (TPSA) is 71.1 Å². The van der Waals surface area contributed by atoms with Gasteiger partial charge < -0.3 is 18.9 Å². The van der Waals surface area contributed by atoms with Crippen LogP contribution in [-0.2, 0) is 28.5 Å². The number of esters is 2. The van der Waals surface area contributed by atoms with Gasteiger partial charge in [0.2, 0.25) is 0 Å². The van der Waals surface area contributed by atoms with Gasteiger partial charge in [-0.25, -0.2) is 0 Å². The van der Waals surface area contributed by atoms with Crippen LogP contribution in [0.2, 0.25) is 0 Å². The first-order valence-corrected chi connectivity index (χ1v) is 15.4. The number of hydrogen-bond acceptors (Lipinski definition) is 6. The summed E-state index contributed by atoms with van der Waals surface area (Å²) in [7, 11) is 0. The van der Waals surface area contributed by atoms with E-state index in [1.54, 1.807) is 0 Å². The van der Waals surface area contributed by atoms with Crippen LogP contribution < -0.4 is 0 Å². The molecule has 0 aromatic carbocycles. The summed E-state index contributed by atoms with van der Waals surface area (Å²) in [5.41, 5.74) is 1.42. The summed E-state index contributed by atoms with van der Waals surface area (Å²) in [6.07, 6.45) is 11.0. The van der Waals surface area contributed by atoms with Crippen molar-refractivity contribution in [3.63, 3.8) is 0 Å². The van der Waals surface area contributed by atoms with Gasteiger partial charge in [0, 0.05) is 37.0 Å². The van der Waals surface area contributed by atoms with E-state index in [0.29, 0.717) is 30.1 Å². The highest BCUT2D eigenvalue weighted by atomic mass is 16.7. The zero-order valence-electron chi connectivity index (χ0n) is 24.3. The van der Waals surface area contributed by atoms with Gasteiger partial charge in [-0.1, -0.05) is 46.3 Å². The van der Waals surface area contributed by atoms with Crippen LogP contribution in [0.15, 0.2) is 11.6 Å². The van der Waals surface area contributed by atoms with E-state index >= 15 is 0 Å². The minimum atomic E-state index is -0.512. The van der Waals surface area contributed by atoms with Crippen molar-refractivity contribution in [2.75, 3.05) is 6.61 Å². The first kappa shape index (κ1) is 26.8. The first-order valence-electron chi connectivity index (χ1n) is 15.4. The summed E-state index contributed by atoms with van der Waals surface area (Å²) >= 11 is 0. The number of fused-ring (bicyclic) bond motifs is 7. The molecule has 0 amide bonds. The second-order valence-electron chi connectivity index (χ2n) is 14.1. The molecule has 1 spiro atoms. The van der Waals surface area contributed by atoms with Gasteiger partial charge in [-0.05, 0) is 74.0 Å². The molecule has 0 bridgehead atoms. The van der Waals surface area contributed by atoms with E-state index in [1.807, 2.05) is 6.92 Å². The van der Waals surface area contributed by atoms with E-state index in [1.165, 1.54) is 18.9 Å². The predicted molar refractivity (Wildman–Crippen MR) is 143 cm³/mol. The van der Waals surface area contributed by atoms with Crippen molar-refractivity contribution in [3.05, 3.63) is 11.6 Å². The molecule has 212 valence electrons. The van der Waals surface area contributed by atoms with E-state index < -0.39 is 5.79 Å². The van der Waals surface area contributed by atoms with Crippen LogP contribution in [0.1, 0.15) is 99.3 Å². The highest BCUT2D eigenvalue weighted by Crippen LogP contribution is 2.70. The molecule has 2 saturated heterocycles. The molecule has 0 aromatic rings. The molecule has 0 radical (unpaired) electrons. The molecule has 3 saturated carbocycles. The maximum atomic E-state index is 12.8. The summed E-state index contributed by atoms with van der Waals surface area (Å²) < 4.78 is 25.5. The van der Waals surface area contributed by atoms with Crippen LogP contribution in [0.5, 0.6) is 0 Å². The lowest BCUT2D eigenvalue weighted by Crippen LogP contribution is -2.58. The number of rotatable bonds is 3. The SMILES string of the molecule is CCC(=O)O[C@H]1C[C@H]2[C@@H](CC[C@H]3C[C@@H](OC(C)=O)CC[C@@]32C)C2=C[C@@H]3O[C@]4(CC[C@H](C)CO4)[C@@H](C)[C@@H]3[C@]21C. The molecule has 38 heavy (non-hydrogen) atoms. The van der Waals surface area contributed by atoms with Crippen LogP contribution >= 0.6 is 0 Å². The van der Waals surface area contributed by atoms with Gasteiger partial charge in [0.15, 0.2) is 5.79 Å². The molecule has 6 nitrogen and oxygen atoms in total. The first-order chi connectivity index (χ1) is 18.0. The normalized spacial score (nSPS) is 51.3. The third-order valence-electron chi connectivity index (χ3n) is 12.3. The maximum Gasteiger partial charge on any atom is 0.305 e. The van der Waals surface area contributed by atoms with Crippen LogP contribution in [-0.4, -0.2) is 42.6 Å². The molecule has 2 heterocycles. The number of carbonyl (C=O) groups excluding carboxylic acids is 2. The Morgan fingerprint density at radius 3 is 2.53 bits per heavy atom. The summed E-state index contributed by atoms with van der Waals surface area (Å²) in [6.45, 7) is 13.6. The Morgan fingerprint density at radius 2 is 1.84 bits per heavy atom. The van der Waals surface area contributed by atoms with Gasteiger partial charge in [-0.15, -0.1) is 0 Å². The standard InChI is InChI=1S/C32H48O6/c1-7-28(34)37-27-16-24-23(9-8-21-14-22(36-20(4)33)11-12-30(21,24)5)25-15-26-29(31(25,27)6)19(3)32(38-26)13-10-18(2)17-35-32/h15,18-19,21-24,26-27,29H,7-14,16-17H2,1-6H3/t18-,19-,21-,22-,23+,24-,26-,27-,29-,30-,31+,32+/m0/s1. The lowest BCUT2D eigenvalue weighted by molar-refractivity contribution is -0.265. The zero-order chi connectivity index (χ0) is 27.0. The molecular formula is C32H48O6. The minimum absolute atomic E-state index is 0.0187. The van der Waals surface area contributed by atoms with E-state index in [-0.39, 0.29) is 52.9 Å². The number of hydrogen-bond donors (Lipinski definition) is 0.